The number of nitrogens with one attached hydrogen (secondary N) is 1. The summed E-state index contributed by atoms with van der Waals surface area (Å²) in [5.74, 6) is -1.38. The molecule has 0 bridgehead atoms. The Labute approximate surface area is 105 Å². The molecule has 2 atom stereocenters. The standard InChI is InChI=1S/C12H19F3N2O/c13-12(14,15)9-4-3-7-17(8-9)10-5-1-2-6-16-11(10)18/h9-10H,1-8H2,(H,16,18). The highest BCUT2D eigenvalue weighted by Crippen LogP contribution is 2.34. The molecule has 2 rings (SSSR count). The molecule has 2 heterocycles. The molecule has 104 valence electrons. The summed E-state index contributed by atoms with van der Waals surface area (Å²) in [7, 11) is 0. The number of rotatable bonds is 1. The van der Waals surface area contributed by atoms with Gasteiger partial charge in [0.05, 0.1) is 12.0 Å². The fourth-order valence-corrected chi connectivity index (χ4v) is 2.83. The number of likely N-dealkylation sites (tertiary alicyclic amines) is 1. The van der Waals surface area contributed by atoms with E-state index in [0.29, 0.717) is 25.9 Å². The van der Waals surface area contributed by atoms with Crippen LogP contribution in [0.2, 0.25) is 0 Å². The molecule has 1 N–H and O–H groups in total. The molecule has 0 spiro atoms. The van der Waals surface area contributed by atoms with Crippen molar-refractivity contribution in [1.82, 2.24) is 10.2 Å². The largest absolute Gasteiger partial charge is 0.393 e. The minimum atomic E-state index is -4.14. The first kappa shape index (κ1) is 13.6. The molecule has 6 heteroatoms. The summed E-state index contributed by atoms with van der Waals surface area (Å²) in [6, 6.07) is -0.363. The fourth-order valence-electron chi connectivity index (χ4n) is 2.83. The average molecular weight is 264 g/mol. The maximum Gasteiger partial charge on any atom is 0.393 e. The number of hydrogen-bond acceptors (Lipinski definition) is 2. The summed E-state index contributed by atoms with van der Waals surface area (Å²) in [4.78, 5) is 13.6. The van der Waals surface area contributed by atoms with Gasteiger partial charge < -0.3 is 5.32 Å². The molecule has 2 aliphatic heterocycles. The van der Waals surface area contributed by atoms with Crippen molar-refractivity contribution < 1.29 is 18.0 Å². The highest BCUT2D eigenvalue weighted by Gasteiger charge is 2.43. The van der Waals surface area contributed by atoms with Crippen molar-refractivity contribution in [3.63, 3.8) is 0 Å². The molecule has 2 saturated heterocycles. The van der Waals surface area contributed by atoms with E-state index < -0.39 is 12.1 Å². The van der Waals surface area contributed by atoms with E-state index in [1.165, 1.54) is 0 Å². The minimum Gasteiger partial charge on any atom is -0.355 e. The van der Waals surface area contributed by atoms with E-state index in [2.05, 4.69) is 5.32 Å². The van der Waals surface area contributed by atoms with Crippen molar-refractivity contribution in [3.8, 4) is 0 Å². The fraction of sp³-hybridized carbons (Fsp3) is 0.917. The molecule has 0 aromatic carbocycles. The van der Waals surface area contributed by atoms with Gasteiger partial charge in [-0.3, -0.25) is 9.69 Å². The summed E-state index contributed by atoms with van der Waals surface area (Å²) in [6.07, 6.45) is -0.937. The van der Waals surface area contributed by atoms with Gasteiger partial charge in [-0.1, -0.05) is 0 Å². The normalized spacial score (nSPS) is 31.8. The van der Waals surface area contributed by atoms with Crippen LogP contribution in [0.3, 0.4) is 0 Å². The molecular formula is C12H19F3N2O. The maximum absolute atomic E-state index is 12.7. The first-order chi connectivity index (χ1) is 8.48. The van der Waals surface area contributed by atoms with E-state index >= 15 is 0 Å². The van der Waals surface area contributed by atoms with Gasteiger partial charge in [-0.05, 0) is 38.6 Å². The van der Waals surface area contributed by atoms with Crippen LogP contribution in [-0.4, -0.2) is 42.7 Å². The predicted molar refractivity (Wildman–Crippen MR) is 61.0 cm³/mol. The number of amides is 1. The Hall–Kier alpha value is -0.780. The lowest BCUT2D eigenvalue weighted by Gasteiger charge is -2.37. The van der Waals surface area contributed by atoms with E-state index in [1.54, 1.807) is 4.90 Å². The van der Waals surface area contributed by atoms with Crippen LogP contribution in [0.25, 0.3) is 0 Å². The number of hydrogen-bond donors (Lipinski definition) is 1. The van der Waals surface area contributed by atoms with E-state index in [4.69, 9.17) is 0 Å². The molecule has 0 aromatic heterocycles. The quantitative estimate of drug-likeness (QED) is 0.785. The zero-order valence-corrected chi connectivity index (χ0v) is 10.3. The molecule has 1 amide bonds. The molecule has 3 nitrogen and oxygen atoms in total. The third kappa shape index (κ3) is 3.16. The summed E-state index contributed by atoms with van der Waals surface area (Å²) in [5, 5.41) is 2.78. The van der Waals surface area contributed by atoms with Crippen LogP contribution in [0.4, 0.5) is 13.2 Å². The smallest absolute Gasteiger partial charge is 0.355 e. The lowest BCUT2D eigenvalue weighted by Crippen LogP contribution is -2.51. The Bertz CT molecular complexity index is 306. The summed E-state index contributed by atoms with van der Waals surface area (Å²) in [5.41, 5.74) is 0. The van der Waals surface area contributed by atoms with Crippen molar-refractivity contribution in [3.05, 3.63) is 0 Å². The molecule has 0 aromatic rings. The van der Waals surface area contributed by atoms with Crippen LogP contribution < -0.4 is 5.32 Å². The van der Waals surface area contributed by atoms with Gasteiger partial charge in [-0.15, -0.1) is 0 Å². The average Bonchev–Trinajstić information content (AvgIpc) is 2.53. The molecule has 2 aliphatic rings. The Morgan fingerprint density at radius 3 is 2.67 bits per heavy atom. The zero-order chi connectivity index (χ0) is 13.2. The second-order valence-electron chi connectivity index (χ2n) is 5.18. The van der Waals surface area contributed by atoms with Crippen LogP contribution in [0.5, 0.6) is 0 Å². The van der Waals surface area contributed by atoms with Gasteiger partial charge in [0.2, 0.25) is 5.91 Å². The van der Waals surface area contributed by atoms with Crippen molar-refractivity contribution in [2.24, 2.45) is 5.92 Å². The number of halogens is 3. The van der Waals surface area contributed by atoms with Crippen molar-refractivity contribution in [2.45, 2.75) is 44.3 Å². The van der Waals surface area contributed by atoms with Crippen LogP contribution in [0.1, 0.15) is 32.1 Å². The van der Waals surface area contributed by atoms with Gasteiger partial charge in [0.15, 0.2) is 0 Å². The van der Waals surface area contributed by atoms with Gasteiger partial charge in [-0.25, -0.2) is 0 Å². The summed E-state index contributed by atoms with van der Waals surface area (Å²) < 4.78 is 38.2. The maximum atomic E-state index is 12.7. The number of carbonyl (C=O) groups excluding carboxylic acids is 1. The summed E-state index contributed by atoms with van der Waals surface area (Å²) >= 11 is 0. The van der Waals surface area contributed by atoms with E-state index in [-0.39, 0.29) is 24.9 Å². The number of carbonyl (C=O) groups is 1. The zero-order valence-electron chi connectivity index (χ0n) is 10.3. The van der Waals surface area contributed by atoms with Crippen LogP contribution >= 0.6 is 0 Å². The SMILES string of the molecule is O=C1NCCCCC1N1CCCC(C(F)(F)F)C1. The van der Waals surface area contributed by atoms with Crippen molar-refractivity contribution >= 4 is 5.91 Å². The Balaban J connectivity index is 2.01. The van der Waals surface area contributed by atoms with E-state index in [0.717, 1.165) is 12.8 Å². The highest BCUT2D eigenvalue weighted by atomic mass is 19.4. The lowest BCUT2D eigenvalue weighted by atomic mass is 9.95. The molecule has 18 heavy (non-hydrogen) atoms. The molecular weight excluding hydrogens is 245 g/mol. The topological polar surface area (TPSA) is 32.3 Å². The first-order valence-electron chi connectivity index (χ1n) is 6.57. The molecule has 2 unspecified atom stereocenters. The monoisotopic (exact) mass is 264 g/mol. The van der Waals surface area contributed by atoms with Gasteiger partial charge in [-0.2, -0.15) is 13.2 Å². The third-order valence-corrected chi connectivity index (χ3v) is 3.86. The van der Waals surface area contributed by atoms with Crippen molar-refractivity contribution in [2.75, 3.05) is 19.6 Å². The number of nitrogens with zero attached hydrogens (tertiary/aromatic N) is 1. The number of piperidine rings is 1. The van der Waals surface area contributed by atoms with Gasteiger partial charge in [0.25, 0.3) is 0 Å². The van der Waals surface area contributed by atoms with Gasteiger partial charge in [0.1, 0.15) is 0 Å². The Morgan fingerprint density at radius 2 is 1.94 bits per heavy atom. The van der Waals surface area contributed by atoms with E-state index in [9.17, 15) is 18.0 Å². The Morgan fingerprint density at radius 1 is 1.17 bits per heavy atom. The highest BCUT2D eigenvalue weighted by molar-refractivity contribution is 5.81. The molecule has 0 radical (unpaired) electrons. The minimum absolute atomic E-state index is 0.0262. The van der Waals surface area contributed by atoms with Crippen molar-refractivity contribution in [1.29, 1.82) is 0 Å². The van der Waals surface area contributed by atoms with Gasteiger partial charge in [0, 0.05) is 13.1 Å². The molecule has 0 aliphatic carbocycles. The third-order valence-electron chi connectivity index (χ3n) is 3.86. The summed E-state index contributed by atoms with van der Waals surface area (Å²) in [6.45, 7) is 1.22. The van der Waals surface area contributed by atoms with Crippen LogP contribution in [0, 0.1) is 5.92 Å². The Kier molecular flexibility index (Phi) is 4.14. The van der Waals surface area contributed by atoms with Gasteiger partial charge >= 0.3 is 6.18 Å². The first-order valence-corrected chi connectivity index (χ1v) is 6.57. The predicted octanol–water partition coefficient (Wildman–Crippen LogP) is 1.93. The second-order valence-corrected chi connectivity index (χ2v) is 5.18. The van der Waals surface area contributed by atoms with Crippen LogP contribution in [0.15, 0.2) is 0 Å². The van der Waals surface area contributed by atoms with Crippen LogP contribution in [-0.2, 0) is 4.79 Å². The molecule has 2 fully saturated rings. The second kappa shape index (κ2) is 5.47. The lowest BCUT2D eigenvalue weighted by molar-refractivity contribution is -0.189. The number of alkyl halides is 3. The van der Waals surface area contributed by atoms with E-state index in [1.807, 2.05) is 0 Å². The molecule has 0 saturated carbocycles.